The van der Waals surface area contributed by atoms with E-state index in [1.165, 1.54) is 12.1 Å². The average molecular weight is 239 g/mol. The maximum absolute atomic E-state index is 12.6. The number of nitrogens with zero attached hydrogens (tertiary/aromatic N) is 2. The highest BCUT2D eigenvalue weighted by Gasteiger charge is 2.14. The third-order valence-corrected chi connectivity index (χ3v) is 2.40. The molecule has 0 aliphatic carbocycles. The van der Waals surface area contributed by atoms with Gasteiger partial charge in [0, 0.05) is 11.1 Å². The van der Waals surface area contributed by atoms with E-state index in [9.17, 15) is 8.78 Å². The number of hydrogen-bond donors (Lipinski definition) is 1. The van der Waals surface area contributed by atoms with E-state index in [2.05, 4.69) is 10.1 Å². The lowest BCUT2D eigenvalue weighted by molar-refractivity contribution is 0.151. The van der Waals surface area contributed by atoms with Crippen molar-refractivity contribution in [1.29, 1.82) is 0 Å². The summed E-state index contributed by atoms with van der Waals surface area (Å²) in [4.78, 5) is 4.01. The van der Waals surface area contributed by atoms with E-state index >= 15 is 0 Å². The Morgan fingerprint density at radius 2 is 2.18 bits per heavy atom. The van der Waals surface area contributed by atoms with Gasteiger partial charge in [-0.25, -0.2) is 8.78 Å². The molecule has 0 atom stereocenters. The van der Waals surface area contributed by atoms with Crippen molar-refractivity contribution in [1.82, 2.24) is 10.1 Å². The lowest BCUT2D eigenvalue weighted by Crippen LogP contribution is -1.96. The zero-order chi connectivity index (χ0) is 12.4. The highest BCUT2D eigenvalue weighted by molar-refractivity contribution is 5.60. The SMILES string of the molecule is Cc1ccc(C(F)F)cc1-c1noc(CN)n1. The van der Waals surface area contributed by atoms with Crippen molar-refractivity contribution in [2.75, 3.05) is 0 Å². The lowest BCUT2D eigenvalue weighted by atomic mass is 10.0. The quantitative estimate of drug-likeness (QED) is 0.893. The Hall–Kier alpha value is -1.82. The summed E-state index contributed by atoms with van der Waals surface area (Å²) in [7, 11) is 0. The molecule has 0 radical (unpaired) electrons. The predicted octanol–water partition coefficient (Wildman–Crippen LogP) is 2.44. The minimum atomic E-state index is -2.52. The largest absolute Gasteiger partial charge is 0.338 e. The highest BCUT2D eigenvalue weighted by atomic mass is 19.3. The molecule has 2 N–H and O–H groups in total. The molecular formula is C11H11F2N3O. The maximum Gasteiger partial charge on any atom is 0.263 e. The number of rotatable bonds is 3. The lowest BCUT2D eigenvalue weighted by Gasteiger charge is -2.04. The van der Waals surface area contributed by atoms with E-state index in [0.717, 1.165) is 5.56 Å². The molecule has 17 heavy (non-hydrogen) atoms. The van der Waals surface area contributed by atoms with Gasteiger partial charge in [-0.2, -0.15) is 4.98 Å². The summed E-state index contributed by atoms with van der Waals surface area (Å²) >= 11 is 0. The van der Waals surface area contributed by atoms with Gasteiger partial charge in [-0.15, -0.1) is 0 Å². The molecule has 0 aliphatic rings. The van der Waals surface area contributed by atoms with Crippen molar-refractivity contribution in [3.63, 3.8) is 0 Å². The van der Waals surface area contributed by atoms with Crippen LogP contribution in [0.25, 0.3) is 11.4 Å². The van der Waals surface area contributed by atoms with Gasteiger partial charge in [0.25, 0.3) is 6.43 Å². The minimum Gasteiger partial charge on any atom is -0.338 e. The normalized spacial score (nSPS) is 11.1. The van der Waals surface area contributed by atoms with E-state index in [1.807, 2.05) is 0 Å². The van der Waals surface area contributed by atoms with Crippen LogP contribution in [0.4, 0.5) is 8.78 Å². The Morgan fingerprint density at radius 1 is 1.41 bits per heavy atom. The number of alkyl halides is 2. The van der Waals surface area contributed by atoms with Crippen LogP contribution < -0.4 is 5.73 Å². The monoisotopic (exact) mass is 239 g/mol. The van der Waals surface area contributed by atoms with Gasteiger partial charge in [0.2, 0.25) is 11.7 Å². The van der Waals surface area contributed by atoms with Crippen LogP contribution in [0.2, 0.25) is 0 Å². The van der Waals surface area contributed by atoms with Gasteiger partial charge >= 0.3 is 0 Å². The number of halogens is 2. The molecule has 0 saturated heterocycles. The van der Waals surface area contributed by atoms with Crippen LogP contribution in [0, 0.1) is 6.92 Å². The smallest absolute Gasteiger partial charge is 0.263 e. The molecule has 6 heteroatoms. The standard InChI is InChI=1S/C11H11F2N3O/c1-6-2-3-7(10(12)13)4-8(6)11-15-9(5-14)17-16-11/h2-4,10H,5,14H2,1H3. The summed E-state index contributed by atoms with van der Waals surface area (Å²) in [5, 5.41) is 3.71. The Bertz CT molecular complexity index is 525. The first-order valence-corrected chi connectivity index (χ1v) is 5.03. The topological polar surface area (TPSA) is 64.9 Å². The fraction of sp³-hybridized carbons (Fsp3) is 0.273. The Balaban J connectivity index is 2.46. The van der Waals surface area contributed by atoms with Crippen LogP contribution >= 0.6 is 0 Å². The van der Waals surface area contributed by atoms with Gasteiger partial charge in [0.15, 0.2) is 0 Å². The molecule has 0 bridgehead atoms. The predicted molar refractivity (Wildman–Crippen MR) is 57.3 cm³/mol. The van der Waals surface area contributed by atoms with Gasteiger partial charge in [-0.05, 0) is 18.6 Å². The Labute approximate surface area is 96.4 Å². The number of hydrogen-bond acceptors (Lipinski definition) is 4. The van der Waals surface area contributed by atoms with Crippen LogP contribution in [0.5, 0.6) is 0 Å². The number of aryl methyl sites for hydroxylation is 1. The van der Waals surface area contributed by atoms with Crippen molar-refractivity contribution in [2.24, 2.45) is 5.73 Å². The van der Waals surface area contributed by atoms with Crippen LogP contribution in [-0.4, -0.2) is 10.1 Å². The molecule has 90 valence electrons. The van der Waals surface area contributed by atoms with E-state index in [1.54, 1.807) is 13.0 Å². The van der Waals surface area contributed by atoms with Gasteiger partial charge in [-0.1, -0.05) is 17.3 Å². The van der Waals surface area contributed by atoms with Crippen molar-refractivity contribution in [3.8, 4) is 11.4 Å². The zero-order valence-electron chi connectivity index (χ0n) is 9.15. The fourth-order valence-electron chi connectivity index (χ4n) is 1.46. The first-order valence-electron chi connectivity index (χ1n) is 5.03. The van der Waals surface area contributed by atoms with Crippen molar-refractivity contribution < 1.29 is 13.3 Å². The summed E-state index contributed by atoms with van der Waals surface area (Å²) in [5.41, 5.74) is 6.61. The zero-order valence-corrected chi connectivity index (χ0v) is 9.15. The first kappa shape index (κ1) is 11.7. The molecule has 0 spiro atoms. The summed E-state index contributed by atoms with van der Waals surface area (Å²) in [6.45, 7) is 1.92. The van der Waals surface area contributed by atoms with Crippen LogP contribution in [0.1, 0.15) is 23.4 Å². The molecule has 1 aromatic heterocycles. The maximum atomic E-state index is 12.6. The number of benzene rings is 1. The Kier molecular flexibility index (Phi) is 3.14. The molecule has 1 aromatic carbocycles. The highest BCUT2D eigenvalue weighted by Crippen LogP contribution is 2.27. The summed E-state index contributed by atoms with van der Waals surface area (Å²) in [6, 6.07) is 4.36. The van der Waals surface area contributed by atoms with E-state index in [0.29, 0.717) is 5.56 Å². The van der Waals surface area contributed by atoms with Gasteiger partial charge < -0.3 is 10.3 Å². The molecule has 0 aliphatic heterocycles. The van der Waals surface area contributed by atoms with Crippen LogP contribution in [0.15, 0.2) is 22.7 Å². The second-order valence-electron chi connectivity index (χ2n) is 3.59. The third kappa shape index (κ3) is 2.31. The minimum absolute atomic E-state index is 0.0651. The van der Waals surface area contributed by atoms with Gasteiger partial charge in [-0.3, -0.25) is 0 Å². The van der Waals surface area contributed by atoms with Crippen molar-refractivity contribution in [2.45, 2.75) is 19.9 Å². The molecule has 0 saturated carbocycles. The van der Waals surface area contributed by atoms with Crippen LogP contribution in [0.3, 0.4) is 0 Å². The molecule has 2 aromatic rings. The van der Waals surface area contributed by atoms with Gasteiger partial charge in [0.1, 0.15) is 0 Å². The molecule has 4 nitrogen and oxygen atoms in total. The second-order valence-corrected chi connectivity index (χ2v) is 3.59. The molecule has 0 unspecified atom stereocenters. The van der Waals surface area contributed by atoms with Crippen LogP contribution in [-0.2, 0) is 6.54 Å². The second kappa shape index (κ2) is 4.58. The molecule has 0 fully saturated rings. The van der Waals surface area contributed by atoms with Crippen molar-refractivity contribution in [3.05, 3.63) is 35.2 Å². The first-order chi connectivity index (χ1) is 8.11. The van der Waals surface area contributed by atoms with Crippen molar-refractivity contribution >= 4 is 0 Å². The summed E-state index contributed by atoms with van der Waals surface area (Å²) in [6.07, 6.45) is -2.52. The summed E-state index contributed by atoms with van der Waals surface area (Å²) in [5.74, 6) is 0.562. The summed E-state index contributed by atoms with van der Waals surface area (Å²) < 4.78 is 30.0. The van der Waals surface area contributed by atoms with E-state index in [4.69, 9.17) is 10.3 Å². The molecule has 1 heterocycles. The van der Waals surface area contributed by atoms with E-state index in [-0.39, 0.29) is 23.8 Å². The number of nitrogens with two attached hydrogens (primary N) is 1. The Morgan fingerprint density at radius 3 is 2.76 bits per heavy atom. The van der Waals surface area contributed by atoms with Gasteiger partial charge in [0.05, 0.1) is 6.54 Å². The average Bonchev–Trinajstić information content (AvgIpc) is 2.77. The third-order valence-electron chi connectivity index (χ3n) is 2.40. The number of aromatic nitrogens is 2. The molecule has 2 rings (SSSR count). The molecular weight excluding hydrogens is 228 g/mol. The van der Waals surface area contributed by atoms with E-state index < -0.39 is 6.43 Å². The fourth-order valence-corrected chi connectivity index (χ4v) is 1.46. The molecule has 0 amide bonds.